The van der Waals surface area contributed by atoms with E-state index in [1.54, 1.807) is 0 Å². The molecule has 0 aromatic rings. The molecule has 1 rings (SSSR count). The van der Waals surface area contributed by atoms with Gasteiger partial charge in [0.15, 0.2) is 0 Å². The summed E-state index contributed by atoms with van der Waals surface area (Å²) in [6, 6.07) is 2.27. The van der Waals surface area contributed by atoms with E-state index in [-0.39, 0.29) is 11.8 Å². The van der Waals surface area contributed by atoms with Crippen LogP contribution in [0, 0.1) is 23.2 Å². The van der Waals surface area contributed by atoms with Crippen LogP contribution in [0.5, 0.6) is 0 Å². The highest BCUT2D eigenvalue weighted by atomic mass is 16.1. The predicted octanol–water partition coefficient (Wildman–Crippen LogP) is 2.30. The first kappa shape index (κ1) is 9.25. The highest BCUT2D eigenvalue weighted by Crippen LogP contribution is 2.29. The van der Waals surface area contributed by atoms with Crippen molar-refractivity contribution in [2.45, 2.75) is 39.0 Å². The van der Waals surface area contributed by atoms with E-state index >= 15 is 0 Å². The Morgan fingerprint density at radius 2 is 2.00 bits per heavy atom. The van der Waals surface area contributed by atoms with Crippen molar-refractivity contribution in [2.75, 3.05) is 0 Å². The van der Waals surface area contributed by atoms with Crippen LogP contribution in [-0.2, 0) is 4.79 Å². The van der Waals surface area contributed by atoms with Crippen molar-refractivity contribution in [2.24, 2.45) is 11.8 Å². The van der Waals surface area contributed by atoms with E-state index < -0.39 is 0 Å². The molecule has 12 heavy (non-hydrogen) atoms. The van der Waals surface area contributed by atoms with Gasteiger partial charge in [0.2, 0.25) is 0 Å². The lowest BCUT2D eigenvalue weighted by atomic mass is 9.80. The minimum absolute atomic E-state index is 0.214. The number of hydrogen-bond acceptors (Lipinski definition) is 2. The van der Waals surface area contributed by atoms with Crippen molar-refractivity contribution in [3.05, 3.63) is 0 Å². The van der Waals surface area contributed by atoms with Gasteiger partial charge in [-0.2, -0.15) is 5.26 Å². The van der Waals surface area contributed by atoms with Gasteiger partial charge in [-0.3, -0.25) is 4.79 Å². The first-order valence-electron chi connectivity index (χ1n) is 4.70. The standard InChI is InChI=1S/C10H15NO/c1-2-10(12)9-5-3-8(7-11)4-6-9/h8-9H,2-6H2,1H3. The van der Waals surface area contributed by atoms with E-state index in [0.717, 1.165) is 25.7 Å². The molecule has 0 aliphatic heterocycles. The summed E-state index contributed by atoms with van der Waals surface area (Å²) >= 11 is 0. The summed E-state index contributed by atoms with van der Waals surface area (Å²) in [7, 11) is 0. The summed E-state index contributed by atoms with van der Waals surface area (Å²) < 4.78 is 0. The van der Waals surface area contributed by atoms with Crippen molar-refractivity contribution in [1.29, 1.82) is 5.26 Å². The molecule has 1 aliphatic rings. The SMILES string of the molecule is CCC(=O)C1CCC(C#N)CC1. The van der Waals surface area contributed by atoms with Crippen LogP contribution in [0.2, 0.25) is 0 Å². The molecule has 1 fully saturated rings. The Bertz CT molecular complexity index is 196. The van der Waals surface area contributed by atoms with Crippen LogP contribution >= 0.6 is 0 Å². The van der Waals surface area contributed by atoms with Gasteiger partial charge in [-0.15, -0.1) is 0 Å². The summed E-state index contributed by atoms with van der Waals surface area (Å²) in [4.78, 5) is 11.3. The smallest absolute Gasteiger partial charge is 0.135 e. The van der Waals surface area contributed by atoms with Crippen molar-refractivity contribution >= 4 is 5.78 Å². The van der Waals surface area contributed by atoms with Gasteiger partial charge in [0, 0.05) is 18.3 Å². The van der Waals surface area contributed by atoms with Crippen LogP contribution in [0.1, 0.15) is 39.0 Å². The third-order valence-corrected chi connectivity index (χ3v) is 2.71. The molecule has 0 saturated heterocycles. The zero-order valence-electron chi connectivity index (χ0n) is 7.55. The van der Waals surface area contributed by atoms with Crippen LogP contribution in [0.25, 0.3) is 0 Å². The molecule has 0 spiro atoms. The highest BCUT2D eigenvalue weighted by molar-refractivity contribution is 5.80. The highest BCUT2D eigenvalue weighted by Gasteiger charge is 2.24. The maximum atomic E-state index is 11.3. The van der Waals surface area contributed by atoms with Gasteiger partial charge in [0.25, 0.3) is 0 Å². The lowest BCUT2D eigenvalue weighted by molar-refractivity contribution is -0.123. The fraction of sp³-hybridized carbons (Fsp3) is 0.800. The fourth-order valence-corrected chi connectivity index (χ4v) is 1.83. The second kappa shape index (κ2) is 4.25. The molecular weight excluding hydrogens is 150 g/mol. The summed E-state index contributed by atoms with van der Waals surface area (Å²) in [6.07, 6.45) is 4.37. The maximum absolute atomic E-state index is 11.3. The molecule has 0 atom stereocenters. The van der Waals surface area contributed by atoms with Gasteiger partial charge in [-0.05, 0) is 25.7 Å². The first-order valence-corrected chi connectivity index (χ1v) is 4.70. The molecule has 0 unspecified atom stereocenters. The predicted molar refractivity (Wildman–Crippen MR) is 46.4 cm³/mol. The van der Waals surface area contributed by atoms with Crippen molar-refractivity contribution in [3.63, 3.8) is 0 Å². The van der Waals surface area contributed by atoms with E-state index in [1.165, 1.54) is 0 Å². The number of nitriles is 1. The van der Waals surface area contributed by atoms with Crippen LogP contribution in [0.4, 0.5) is 0 Å². The lowest BCUT2D eigenvalue weighted by Gasteiger charge is -2.22. The number of rotatable bonds is 2. The second-order valence-electron chi connectivity index (χ2n) is 3.50. The minimum Gasteiger partial charge on any atom is -0.299 e. The van der Waals surface area contributed by atoms with Gasteiger partial charge in [-0.1, -0.05) is 6.92 Å². The van der Waals surface area contributed by atoms with Crippen molar-refractivity contribution in [3.8, 4) is 6.07 Å². The number of nitrogens with zero attached hydrogens (tertiary/aromatic N) is 1. The Morgan fingerprint density at radius 3 is 2.42 bits per heavy atom. The van der Waals surface area contributed by atoms with E-state index in [2.05, 4.69) is 6.07 Å². The number of hydrogen-bond donors (Lipinski definition) is 0. The Morgan fingerprint density at radius 1 is 1.42 bits per heavy atom. The van der Waals surface area contributed by atoms with Crippen molar-refractivity contribution < 1.29 is 4.79 Å². The number of carbonyl (C=O) groups excluding carboxylic acids is 1. The van der Waals surface area contributed by atoms with E-state index in [9.17, 15) is 4.79 Å². The summed E-state index contributed by atoms with van der Waals surface area (Å²) in [5.41, 5.74) is 0. The largest absolute Gasteiger partial charge is 0.299 e. The zero-order chi connectivity index (χ0) is 8.97. The van der Waals surface area contributed by atoms with Crippen LogP contribution in [-0.4, -0.2) is 5.78 Å². The minimum atomic E-state index is 0.214. The topological polar surface area (TPSA) is 40.9 Å². The van der Waals surface area contributed by atoms with E-state index in [4.69, 9.17) is 5.26 Å². The Kier molecular flexibility index (Phi) is 3.28. The molecule has 0 radical (unpaired) electrons. The molecule has 2 heteroatoms. The molecule has 0 aromatic carbocycles. The average Bonchev–Trinajstić information content (AvgIpc) is 2.17. The zero-order valence-corrected chi connectivity index (χ0v) is 7.55. The number of carbonyl (C=O) groups is 1. The van der Waals surface area contributed by atoms with E-state index in [1.807, 2.05) is 6.92 Å². The Hall–Kier alpha value is -0.840. The van der Waals surface area contributed by atoms with Crippen LogP contribution in [0.3, 0.4) is 0 Å². The fourth-order valence-electron chi connectivity index (χ4n) is 1.83. The molecule has 66 valence electrons. The quantitative estimate of drug-likeness (QED) is 0.630. The molecule has 0 amide bonds. The third kappa shape index (κ3) is 2.07. The van der Waals surface area contributed by atoms with Gasteiger partial charge >= 0.3 is 0 Å². The number of ketones is 1. The Balaban J connectivity index is 2.37. The molecule has 0 aromatic heterocycles. The molecule has 1 aliphatic carbocycles. The van der Waals surface area contributed by atoms with Crippen molar-refractivity contribution in [1.82, 2.24) is 0 Å². The van der Waals surface area contributed by atoms with Gasteiger partial charge < -0.3 is 0 Å². The monoisotopic (exact) mass is 165 g/mol. The summed E-state index contributed by atoms with van der Waals surface area (Å²) in [5.74, 6) is 0.858. The normalized spacial score (nSPS) is 29.3. The van der Waals surface area contributed by atoms with Gasteiger partial charge in [-0.25, -0.2) is 0 Å². The lowest BCUT2D eigenvalue weighted by Crippen LogP contribution is -2.20. The average molecular weight is 165 g/mol. The molecular formula is C10H15NO. The van der Waals surface area contributed by atoms with Crippen LogP contribution in [0.15, 0.2) is 0 Å². The molecule has 0 bridgehead atoms. The number of Topliss-reactive ketones (excluding diaryl/α,β-unsaturated/α-hetero) is 1. The maximum Gasteiger partial charge on any atom is 0.135 e. The first-order chi connectivity index (χ1) is 5.77. The van der Waals surface area contributed by atoms with Gasteiger partial charge in [0.1, 0.15) is 5.78 Å². The molecule has 0 heterocycles. The molecule has 1 saturated carbocycles. The Labute approximate surface area is 73.6 Å². The third-order valence-electron chi connectivity index (χ3n) is 2.71. The second-order valence-corrected chi connectivity index (χ2v) is 3.50. The molecule has 2 nitrogen and oxygen atoms in total. The van der Waals surface area contributed by atoms with E-state index in [0.29, 0.717) is 12.2 Å². The van der Waals surface area contributed by atoms with Gasteiger partial charge in [0.05, 0.1) is 6.07 Å². The summed E-state index contributed by atoms with van der Waals surface area (Å²) in [5, 5.41) is 8.64. The summed E-state index contributed by atoms with van der Waals surface area (Å²) in [6.45, 7) is 1.92. The van der Waals surface area contributed by atoms with Crippen LogP contribution < -0.4 is 0 Å². The molecule has 0 N–H and O–H groups in total.